The normalized spacial score (nSPS) is 12.5. The van der Waals surface area contributed by atoms with Crippen LogP contribution >= 0.6 is 15.9 Å². The van der Waals surface area contributed by atoms with Gasteiger partial charge in [0.25, 0.3) is 0 Å². The highest BCUT2D eigenvalue weighted by atomic mass is 79.9. The maximum atomic E-state index is 13.7. The largest absolute Gasteiger partial charge is 0.261 e. The Kier molecular flexibility index (Phi) is 4.61. The molecule has 1 heterocycles. The SMILES string of the molecule is Cc1cccnc1CC(Br)c1c(F)c(F)c(F)c(F)c1F. The average molecular weight is 366 g/mol. The van der Waals surface area contributed by atoms with E-state index in [-0.39, 0.29) is 6.42 Å². The van der Waals surface area contributed by atoms with Gasteiger partial charge in [-0.25, -0.2) is 22.0 Å². The second kappa shape index (κ2) is 6.09. The number of hydrogen-bond donors (Lipinski definition) is 0. The summed E-state index contributed by atoms with van der Waals surface area (Å²) < 4.78 is 66.7. The van der Waals surface area contributed by atoms with Crippen molar-refractivity contribution in [3.05, 3.63) is 64.2 Å². The Morgan fingerprint density at radius 1 is 1.00 bits per heavy atom. The lowest BCUT2D eigenvalue weighted by atomic mass is 10.0. The summed E-state index contributed by atoms with van der Waals surface area (Å²) in [5, 5.41) is 0. The van der Waals surface area contributed by atoms with Crippen LogP contribution < -0.4 is 0 Å². The first-order valence-electron chi connectivity index (χ1n) is 5.90. The number of hydrogen-bond acceptors (Lipinski definition) is 1. The minimum Gasteiger partial charge on any atom is -0.261 e. The molecule has 0 spiro atoms. The van der Waals surface area contributed by atoms with Gasteiger partial charge in [0.15, 0.2) is 23.3 Å². The zero-order chi connectivity index (χ0) is 15.7. The zero-order valence-electron chi connectivity index (χ0n) is 10.7. The van der Waals surface area contributed by atoms with Crippen LogP contribution in [0, 0.1) is 36.0 Å². The van der Waals surface area contributed by atoms with Gasteiger partial charge in [0.1, 0.15) is 0 Å². The van der Waals surface area contributed by atoms with Gasteiger partial charge in [0.05, 0.1) is 4.83 Å². The highest BCUT2D eigenvalue weighted by Gasteiger charge is 2.29. The third-order valence-electron chi connectivity index (χ3n) is 3.05. The summed E-state index contributed by atoms with van der Waals surface area (Å²) in [4.78, 5) is 2.94. The maximum Gasteiger partial charge on any atom is 0.200 e. The number of aryl methyl sites for hydroxylation is 1. The molecular weight excluding hydrogens is 357 g/mol. The van der Waals surface area contributed by atoms with Crippen LogP contribution in [-0.2, 0) is 6.42 Å². The van der Waals surface area contributed by atoms with Crippen molar-refractivity contribution in [3.8, 4) is 0 Å². The van der Waals surface area contributed by atoms with Crippen molar-refractivity contribution in [2.24, 2.45) is 0 Å². The molecule has 0 N–H and O–H groups in total. The van der Waals surface area contributed by atoms with Gasteiger partial charge in [-0.3, -0.25) is 4.98 Å². The van der Waals surface area contributed by atoms with Crippen molar-refractivity contribution in [3.63, 3.8) is 0 Å². The van der Waals surface area contributed by atoms with Crippen LogP contribution in [0.25, 0.3) is 0 Å². The quantitative estimate of drug-likeness (QED) is 0.330. The summed E-state index contributed by atoms with van der Waals surface area (Å²) in [5.74, 6) is -9.73. The lowest BCUT2D eigenvalue weighted by Gasteiger charge is -2.14. The standard InChI is InChI=1S/C14H9BrF5N/c1-6-3-2-4-21-8(6)5-7(15)9-10(16)12(18)14(20)13(19)11(9)17/h2-4,7H,5H2,1H3. The third kappa shape index (κ3) is 2.92. The van der Waals surface area contributed by atoms with Crippen LogP contribution in [0.3, 0.4) is 0 Å². The van der Waals surface area contributed by atoms with Crippen molar-refractivity contribution in [1.82, 2.24) is 4.98 Å². The van der Waals surface area contributed by atoms with Gasteiger partial charge in [-0.1, -0.05) is 22.0 Å². The Bertz CT molecular complexity index is 660. The number of alkyl halides is 1. The zero-order valence-corrected chi connectivity index (χ0v) is 12.3. The van der Waals surface area contributed by atoms with E-state index in [1.807, 2.05) is 0 Å². The number of benzene rings is 1. The molecule has 0 saturated carbocycles. The van der Waals surface area contributed by atoms with Gasteiger partial charge in [-0.15, -0.1) is 0 Å². The summed E-state index contributed by atoms with van der Waals surface area (Å²) in [7, 11) is 0. The number of rotatable bonds is 3. The molecule has 0 aliphatic rings. The van der Waals surface area contributed by atoms with Gasteiger partial charge in [0, 0.05) is 23.9 Å². The molecule has 112 valence electrons. The van der Waals surface area contributed by atoms with Gasteiger partial charge in [-0.2, -0.15) is 0 Å². The summed E-state index contributed by atoms with van der Waals surface area (Å²) in [6.45, 7) is 1.74. The predicted molar refractivity (Wildman–Crippen MR) is 70.6 cm³/mol. The van der Waals surface area contributed by atoms with E-state index in [9.17, 15) is 22.0 Å². The molecule has 0 aliphatic carbocycles. The van der Waals surface area contributed by atoms with Crippen LogP contribution in [0.5, 0.6) is 0 Å². The van der Waals surface area contributed by atoms with E-state index in [1.54, 1.807) is 19.1 Å². The molecule has 2 rings (SSSR count). The van der Waals surface area contributed by atoms with Crippen molar-refractivity contribution in [1.29, 1.82) is 0 Å². The molecule has 1 aromatic carbocycles. The molecule has 1 aromatic heterocycles. The summed E-state index contributed by atoms with van der Waals surface area (Å²) in [5.41, 5.74) is 0.366. The molecule has 2 aromatic rings. The Morgan fingerprint density at radius 2 is 1.52 bits per heavy atom. The minimum absolute atomic E-state index is 0.00890. The lowest BCUT2D eigenvalue weighted by molar-refractivity contribution is 0.369. The van der Waals surface area contributed by atoms with Crippen LogP contribution in [0.15, 0.2) is 18.3 Å². The van der Waals surface area contributed by atoms with Crippen LogP contribution in [0.4, 0.5) is 22.0 Å². The van der Waals surface area contributed by atoms with E-state index in [1.165, 1.54) is 6.20 Å². The predicted octanol–water partition coefficient (Wildman–Crippen LogP) is 4.76. The first-order valence-corrected chi connectivity index (χ1v) is 6.82. The summed E-state index contributed by atoms with van der Waals surface area (Å²) >= 11 is 2.98. The van der Waals surface area contributed by atoms with E-state index in [0.29, 0.717) is 5.69 Å². The van der Waals surface area contributed by atoms with Gasteiger partial charge >= 0.3 is 0 Å². The lowest BCUT2D eigenvalue weighted by Crippen LogP contribution is -2.11. The Morgan fingerprint density at radius 3 is 2.05 bits per heavy atom. The molecule has 7 heteroatoms. The average Bonchev–Trinajstić information content (AvgIpc) is 2.46. The van der Waals surface area contributed by atoms with Crippen molar-refractivity contribution >= 4 is 15.9 Å². The van der Waals surface area contributed by atoms with E-state index in [0.717, 1.165) is 5.56 Å². The molecule has 0 amide bonds. The molecule has 1 nitrogen and oxygen atoms in total. The van der Waals surface area contributed by atoms with Crippen LogP contribution in [-0.4, -0.2) is 4.98 Å². The van der Waals surface area contributed by atoms with Gasteiger partial charge in [-0.05, 0) is 18.6 Å². The second-order valence-electron chi connectivity index (χ2n) is 4.42. The molecule has 0 fully saturated rings. The first-order chi connectivity index (χ1) is 9.84. The molecule has 0 aliphatic heterocycles. The van der Waals surface area contributed by atoms with E-state index in [4.69, 9.17) is 0 Å². The van der Waals surface area contributed by atoms with Gasteiger partial charge < -0.3 is 0 Å². The number of pyridine rings is 1. The molecule has 21 heavy (non-hydrogen) atoms. The monoisotopic (exact) mass is 365 g/mol. The highest BCUT2D eigenvalue weighted by Crippen LogP contribution is 2.34. The smallest absolute Gasteiger partial charge is 0.200 e. The number of aromatic nitrogens is 1. The number of nitrogens with zero attached hydrogens (tertiary/aromatic N) is 1. The summed E-state index contributed by atoms with van der Waals surface area (Å²) in [6, 6.07) is 3.42. The van der Waals surface area contributed by atoms with Crippen molar-refractivity contribution in [2.45, 2.75) is 18.2 Å². The topological polar surface area (TPSA) is 12.9 Å². The summed E-state index contributed by atoms with van der Waals surface area (Å²) in [6.07, 6.45) is 1.48. The highest BCUT2D eigenvalue weighted by molar-refractivity contribution is 9.09. The molecule has 0 bridgehead atoms. The van der Waals surface area contributed by atoms with Gasteiger partial charge in [0.2, 0.25) is 5.82 Å². The van der Waals surface area contributed by atoms with E-state index >= 15 is 0 Å². The second-order valence-corrected chi connectivity index (χ2v) is 5.53. The fraction of sp³-hybridized carbons (Fsp3) is 0.214. The maximum absolute atomic E-state index is 13.7. The van der Waals surface area contributed by atoms with E-state index in [2.05, 4.69) is 20.9 Å². The number of halogens is 6. The molecular formula is C14H9BrF5N. The minimum atomic E-state index is -2.16. The Balaban J connectivity index is 2.45. The fourth-order valence-corrected chi connectivity index (χ4v) is 2.61. The molecule has 1 atom stereocenters. The van der Waals surface area contributed by atoms with E-state index < -0.39 is 39.5 Å². The van der Waals surface area contributed by atoms with Crippen LogP contribution in [0.1, 0.15) is 21.6 Å². The third-order valence-corrected chi connectivity index (χ3v) is 3.83. The van der Waals surface area contributed by atoms with Crippen molar-refractivity contribution < 1.29 is 22.0 Å². The fourth-order valence-electron chi connectivity index (χ4n) is 1.90. The Labute approximate surface area is 125 Å². The molecule has 0 radical (unpaired) electrons. The molecule has 0 saturated heterocycles. The Hall–Kier alpha value is -1.50. The first kappa shape index (κ1) is 15.9. The molecule has 1 unspecified atom stereocenters. The van der Waals surface area contributed by atoms with Crippen molar-refractivity contribution in [2.75, 3.05) is 0 Å². The van der Waals surface area contributed by atoms with Crippen LogP contribution in [0.2, 0.25) is 0 Å².